The predicted octanol–water partition coefficient (Wildman–Crippen LogP) is 2.89. The second kappa shape index (κ2) is 4.70. The quantitative estimate of drug-likeness (QED) is 0.649. The van der Waals surface area contributed by atoms with E-state index in [0.29, 0.717) is 5.39 Å². The molecule has 0 bridgehead atoms. The van der Waals surface area contributed by atoms with Crippen LogP contribution in [0.4, 0.5) is 0 Å². The summed E-state index contributed by atoms with van der Waals surface area (Å²) in [4.78, 5) is 11.8. The van der Waals surface area contributed by atoms with E-state index in [9.17, 15) is 9.90 Å². The van der Waals surface area contributed by atoms with Gasteiger partial charge in [-0.05, 0) is 16.8 Å². The zero-order chi connectivity index (χ0) is 12.3. The van der Waals surface area contributed by atoms with Crippen LogP contribution in [0.3, 0.4) is 0 Å². The van der Waals surface area contributed by atoms with Crippen LogP contribution in [0.5, 0.6) is 5.75 Å². The van der Waals surface area contributed by atoms with Gasteiger partial charge in [0.25, 0.3) is 0 Å². The van der Waals surface area contributed by atoms with Crippen LogP contribution in [0.15, 0.2) is 49.1 Å². The Bertz CT molecular complexity index is 573. The van der Waals surface area contributed by atoms with Crippen LogP contribution in [0.25, 0.3) is 10.8 Å². The molecule has 0 spiro atoms. The average molecular weight is 228 g/mol. The first-order valence-electron chi connectivity index (χ1n) is 5.23. The lowest BCUT2D eigenvalue weighted by atomic mass is 10.0. The number of hydrogen-bond acceptors (Lipinski definition) is 3. The normalized spacial score (nSPS) is 10.1. The lowest BCUT2D eigenvalue weighted by molar-refractivity contribution is 0.0549. The molecule has 0 heterocycles. The summed E-state index contributed by atoms with van der Waals surface area (Å²) >= 11 is 0. The van der Waals surface area contributed by atoms with Crippen molar-refractivity contribution in [1.29, 1.82) is 0 Å². The third kappa shape index (κ3) is 2.13. The number of phenolic OH excluding ortho intramolecular Hbond substituents is 1. The highest BCUT2D eigenvalue weighted by Gasteiger charge is 2.15. The van der Waals surface area contributed by atoms with Crippen molar-refractivity contribution >= 4 is 16.7 Å². The number of carbonyl (C=O) groups excluding carboxylic acids is 1. The van der Waals surface area contributed by atoms with Crippen LogP contribution in [-0.4, -0.2) is 17.7 Å². The van der Waals surface area contributed by atoms with Crippen LogP contribution in [0.2, 0.25) is 0 Å². The van der Waals surface area contributed by atoms with Gasteiger partial charge in [0.1, 0.15) is 17.9 Å². The summed E-state index contributed by atoms with van der Waals surface area (Å²) in [5.74, 6) is -0.614. The second-order valence-corrected chi connectivity index (χ2v) is 3.57. The first-order chi connectivity index (χ1) is 8.24. The van der Waals surface area contributed by atoms with E-state index in [2.05, 4.69) is 6.58 Å². The lowest BCUT2D eigenvalue weighted by Gasteiger charge is -2.08. The molecule has 0 unspecified atom stereocenters. The molecule has 3 heteroatoms. The van der Waals surface area contributed by atoms with Crippen LogP contribution in [0.1, 0.15) is 10.4 Å². The fourth-order valence-corrected chi connectivity index (χ4v) is 1.68. The molecule has 17 heavy (non-hydrogen) atoms. The van der Waals surface area contributed by atoms with E-state index in [1.165, 1.54) is 12.1 Å². The molecule has 3 nitrogen and oxygen atoms in total. The molecule has 2 rings (SSSR count). The number of fused-ring (bicyclic) bond motifs is 1. The highest BCUT2D eigenvalue weighted by molar-refractivity contribution is 6.06. The van der Waals surface area contributed by atoms with Crippen LogP contribution in [0, 0.1) is 0 Å². The van der Waals surface area contributed by atoms with E-state index < -0.39 is 5.97 Å². The van der Waals surface area contributed by atoms with E-state index in [4.69, 9.17) is 4.74 Å². The van der Waals surface area contributed by atoms with Crippen molar-refractivity contribution in [3.63, 3.8) is 0 Å². The Labute approximate surface area is 99.0 Å². The number of esters is 1. The fourth-order valence-electron chi connectivity index (χ4n) is 1.68. The summed E-state index contributed by atoms with van der Waals surface area (Å²) in [5, 5.41) is 11.3. The molecule has 0 radical (unpaired) electrons. The predicted molar refractivity (Wildman–Crippen MR) is 66.1 cm³/mol. The van der Waals surface area contributed by atoms with Crippen LogP contribution >= 0.6 is 0 Å². The monoisotopic (exact) mass is 228 g/mol. The first-order valence-corrected chi connectivity index (χ1v) is 5.23. The number of benzene rings is 2. The molecule has 0 aromatic heterocycles. The Morgan fingerprint density at radius 2 is 2.06 bits per heavy atom. The third-order valence-corrected chi connectivity index (χ3v) is 2.44. The van der Waals surface area contributed by atoms with Gasteiger partial charge in [-0.3, -0.25) is 0 Å². The number of ether oxygens (including phenoxy) is 1. The highest BCUT2D eigenvalue weighted by Crippen LogP contribution is 2.27. The summed E-state index contributed by atoms with van der Waals surface area (Å²) in [6.07, 6.45) is 1.49. The molecule has 0 fully saturated rings. The SMILES string of the molecule is C=CCOC(=O)c1c(O)ccc2ccccc12. The lowest BCUT2D eigenvalue weighted by Crippen LogP contribution is -2.06. The minimum absolute atomic E-state index is 0.0715. The second-order valence-electron chi connectivity index (χ2n) is 3.57. The van der Waals surface area contributed by atoms with Gasteiger partial charge in [0.15, 0.2) is 0 Å². The molecule has 0 saturated heterocycles. The maximum absolute atomic E-state index is 11.8. The van der Waals surface area contributed by atoms with Gasteiger partial charge in [-0.2, -0.15) is 0 Å². The van der Waals surface area contributed by atoms with Gasteiger partial charge in [0.2, 0.25) is 0 Å². The first kappa shape index (κ1) is 11.2. The average Bonchev–Trinajstić information content (AvgIpc) is 2.35. The maximum Gasteiger partial charge on any atom is 0.342 e. The molecule has 0 saturated carbocycles. The van der Waals surface area contributed by atoms with Crippen molar-refractivity contribution in [3.8, 4) is 5.75 Å². The van der Waals surface area contributed by atoms with E-state index in [-0.39, 0.29) is 17.9 Å². The zero-order valence-electron chi connectivity index (χ0n) is 9.22. The van der Waals surface area contributed by atoms with Crippen molar-refractivity contribution < 1.29 is 14.6 Å². The maximum atomic E-state index is 11.8. The summed E-state index contributed by atoms with van der Waals surface area (Å²) in [7, 11) is 0. The van der Waals surface area contributed by atoms with Crippen molar-refractivity contribution in [1.82, 2.24) is 0 Å². The standard InChI is InChI=1S/C14H12O3/c1-2-9-17-14(16)13-11-6-4-3-5-10(11)7-8-12(13)15/h2-8,15H,1,9H2. The van der Waals surface area contributed by atoms with Gasteiger partial charge in [-0.25, -0.2) is 4.79 Å². The van der Waals surface area contributed by atoms with Crippen molar-refractivity contribution in [2.45, 2.75) is 0 Å². The van der Waals surface area contributed by atoms with Crippen LogP contribution < -0.4 is 0 Å². The van der Waals surface area contributed by atoms with Crippen molar-refractivity contribution in [2.24, 2.45) is 0 Å². The molecular weight excluding hydrogens is 216 g/mol. The van der Waals surface area contributed by atoms with E-state index in [1.807, 2.05) is 18.2 Å². The van der Waals surface area contributed by atoms with Crippen molar-refractivity contribution in [3.05, 3.63) is 54.6 Å². The third-order valence-electron chi connectivity index (χ3n) is 2.44. The number of rotatable bonds is 3. The van der Waals surface area contributed by atoms with E-state index in [0.717, 1.165) is 5.39 Å². The van der Waals surface area contributed by atoms with E-state index >= 15 is 0 Å². The molecule has 0 aliphatic heterocycles. The topological polar surface area (TPSA) is 46.5 Å². The Kier molecular flexibility index (Phi) is 3.10. The molecule has 0 aliphatic carbocycles. The number of aromatic hydroxyl groups is 1. The Morgan fingerprint density at radius 1 is 1.29 bits per heavy atom. The van der Waals surface area contributed by atoms with Gasteiger partial charge < -0.3 is 9.84 Å². The van der Waals surface area contributed by atoms with Gasteiger partial charge in [-0.1, -0.05) is 43.0 Å². The zero-order valence-corrected chi connectivity index (χ0v) is 9.22. The Balaban J connectivity index is 2.54. The van der Waals surface area contributed by atoms with Crippen molar-refractivity contribution in [2.75, 3.05) is 6.61 Å². The molecule has 2 aromatic carbocycles. The molecule has 2 aromatic rings. The van der Waals surface area contributed by atoms with Gasteiger partial charge >= 0.3 is 5.97 Å². The largest absolute Gasteiger partial charge is 0.507 e. The minimum Gasteiger partial charge on any atom is -0.507 e. The molecular formula is C14H12O3. The highest BCUT2D eigenvalue weighted by atomic mass is 16.5. The van der Waals surface area contributed by atoms with Gasteiger partial charge in [0.05, 0.1) is 0 Å². The Hall–Kier alpha value is -2.29. The van der Waals surface area contributed by atoms with E-state index in [1.54, 1.807) is 12.1 Å². The number of carbonyl (C=O) groups is 1. The molecule has 0 aliphatic rings. The number of hydrogen-bond donors (Lipinski definition) is 1. The molecule has 0 atom stereocenters. The summed E-state index contributed by atoms with van der Waals surface area (Å²) in [6.45, 7) is 3.60. The summed E-state index contributed by atoms with van der Waals surface area (Å²) in [6, 6.07) is 10.6. The smallest absolute Gasteiger partial charge is 0.342 e. The fraction of sp³-hybridized carbons (Fsp3) is 0.0714. The van der Waals surface area contributed by atoms with Gasteiger partial charge in [0, 0.05) is 0 Å². The van der Waals surface area contributed by atoms with Gasteiger partial charge in [-0.15, -0.1) is 0 Å². The molecule has 86 valence electrons. The molecule has 0 amide bonds. The minimum atomic E-state index is -0.542. The Morgan fingerprint density at radius 3 is 2.82 bits per heavy atom. The number of phenols is 1. The van der Waals surface area contributed by atoms with Crippen LogP contribution in [-0.2, 0) is 4.74 Å². The summed E-state index contributed by atoms with van der Waals surface area (Å²) in [5.41, 5.74) is 0.199. The summed E-state index contributed by atoms with van der Waals surface area (Å²) < 4.78 is 4.95. The molecule has 1 N–H and O–H groups in total.